The van der Waals surface area contributed by atoms with Crippen LogP contribution in [0.1, 0.15) is 71.3 Å². The second-order valence-corrected chi connectivity index (χ2v) is 8.79. The van der Waals surface area contributed by atoms with Gasteiger partial charge in [-0.15, -0.1) is 0 Å². The van der Waals surface area contributed by atoms with Crippen LogP contribution in [0.15, 0.2) is 34.2 Å². The van der Waals surface area contributed by atoms with E-state index in [4.69, 9.17) is 0 Å². The molecule has 0 fully saturated rings. The molecule has 0 bridgehead atoms. The minimum atomic E-state index is -3.60. The second-order valence-electron chi connectivity index (χ2n) is 7.14. The molecule has 1 aliphatic rings. The van der Waals surface area contributed by atoms with E-state index in [1.54, 1.807) is 24.3 Å². The third-order valence-corrected chi connectivity index (χ3v) is 6.11. The SMILES string of the molecule is CCCCCC(C)NC(=O)C(CCCC)N=C1NS(=O)(=O)c2ccccc21. The van der Waals surface area contributed by atoms with Crippen molar-refractivity contribution in [3.05, 3.63) is 29.8 Å². The van der Waals surface area contributed by atoms with E-state index >= 15 is 0 Å². The van der Waals surface area contributed by atoms with Crippen molar-refractivity contribution in [3.8, 4) is 0 Å². The molecule has 0 saturated carbocycles. The average Bonchev–Trinajstić information content (AvgIpc) is 2.89. The molecule has 0 aliphatic carbocycles. The van der Waals surface area contributed by atoms with Crippen molar-refractivity contribution >= 4 is 21.8 Å². The van der Waals surface area contributed by atoms with Gasteiger partial charge in [0.2, 0.25) is 5.91 Å². The Kier molecular flexibility index (Phi) is 7.83. The number of hydrogen-bond donors (Lipinski definition) is 2. The normalized spacial score (nSPS) is 18.6. The number of amidine groups is 1. The fraction of sp³-hybridized carbons (Fsp3) is 0.600. The van der Waals surface area contributed by atoms with Crippen LogP contribution in [0.25, 0.3) is 0 Å². The maximum atomic E-state index is 12.8. The Bertz CT molecular complexity index is 774. The predicted molar refractivity (Wildman–Crippen MR) is 108 cm³/mol. The zero-order valence-electron chi connectivity index (χ0n) is 16.5. The minimum Gasteiger partial charge on any atom is -0.352 e. The lowest BCUT2D eigenvalue weighted by molar-refractivity contribution is -0.123. The summed E-state index contributed by atoms with van der Waals surface area (Å²) in [5, 5.41) is 3.04. The van der Waals surface area contributed by atoms with Crippen LogP contribution < -0.4 is 10.0 Å². The summed E-state index contributed by atoms with van der Waals surface area (Å²) in [6, 6.07) is 6.21. The molecular formula is C20H31N3O3S. The zero-order valence-corrected chi connectivity index (χ0v) is 17.3. The van der Waals surface area contributed by atoms with Crippen molar-refractivity contribution in [2.24, 2.45) is 4.99 Å². The van der Waals surface area contributed by atoms with E-state index in [1.807, 2.05) is 6.92 Å². The number of unbranched alkanes of at least 4 members (excludes halogenated alkanes) is 3. The zero-order chi connectivity index (χ0) is 19.9. The van der Waals surface area contributed by atoms with Crippen LogP contribution in [0.2, 0.25) is 0 Å². The van der Waals surface area contributed by atoms with Gasteiger partial charge in [-0.1, -0.05) is 58.1 Å². The van der Waals surface area contributed by atoms with Crippen LogP contribution in [0.3, 0.4) is 0 Å². The summed E-state index contributed by atoms with van der Waals surface area (Å²) in [7, 11) is -3.60. The molecule has 27 heavy (non-hydrogen) atoms. The molecule has 7 heteroatoms. The predicted octanol–water partition coefficient (Wildman–Crippen LogP) is 3.37. The topological polar surface area (TPSA) is 87.6 Å². The Morgan fingerprint density at radius 2 is 1.81 bits per heavy atom. The van der Waals surface area contributed by atoms with Crippen LogP contribution in [-0.4, -0.2) is 32.2 Å². The highest BCUT2D eigenvalue weighted by Crippen LogP contribution is 2.23. The van der Waals surface area contributed by atoms with Crippen molar-refractivity contribution in [1.82, 2.24) is 10.0 Å². The van der Waals surface area contributed by atoms with Crippen LogP contribution in [0.5, 0.6) is 0 Å². The monoisotopic (exact) mass is 393 g/mol. The molecule has 0 aromatic heterocycles. The summed E-state index contributed by atoms with van der Waals surface area (Å²) in [5.41, 5.74) is 0.530. The summed E-state index contributed by atoms with van der Waals surface area (Å²) in [5.74, 6) is 0.129. The van der Waals surface area contributed by atoms with E-state index in [2.05, 4.69) is 28.9 Å². The van der Waals surface area contributed by atoms with Gasteiger partial charge in [-0.25, -0.2) is 8.42 Å². The molecule has 1 aromatic carbocycles. The Morgan fingerprint density at radius 3 is 2.52 bits per heavy atom. The lowest BCUT2D eigenvalue weighted by Crippen LogP contribution is -2.40. The second kappa shape index (κ2) is 9.88. The molecule has 2 unspecified atom stereocenters. The number of fused-ring (bicyclic) bond motifs is 1. The highest BCUT2D eigenvalue weighted by atomic mass is 32.2. The van der Waals surface area contributed by atoms with Gasteiger partial charge >= 0.3 is 0 Å². The number of nitrogens with one attached hydrogen (secondary N) is 2. The smallest absolute Gasteiger partial charge is 0.263 e. The van der Waals surface area contributed by atoms with Crippen molar-refractivity contribution in [2.75, 3.05) is 0 Å². The minimum absolute atomic E-state index is 0.0842. The molecular weight excluding hydrogens is 362 g/mol. The molecule has 1 aromatic rings. The fourth-order valence-electron chi connectivity index (χ4n) is 3.15. The van der Waals surface area contributed by atoms with Gasteiger partial charge in [0.15, 0.2) is 0 Å². The fourth-order valence-corrected chi connectivity index (χ4v) is 4.39. The van der Waals surface area contributed by atoms with Crippen LogP contribution in [0, 0.1) is 0 Å². The van der Waals surface area contributed by atoms with Gasteiger partial charge in [0.05, 0.1) is 4.90 Å². The third kappa shape index (κ3) is 5.79. The first-order valence-electron chi connectivity index (χ1n) is 9.89. The maximum absolute atomic E-state index is 12.8. The van der Waals surface area contributed by atoms with Crippen molar-refractivity contribution in [3.63, 3.8) is 0 Å². The quantitative estimate of drug-likeness (QED) is 0.598. The largest absolute Gasteiger partial charge is 0.352 e. The van der Waals surface area contributed by atoms with E-state index in [0.29, 0.717) is 12.0 Å². The van der Waals surface area contributed by atoms with Gasteiger partial charge in [-0.05, 0) is 31.9 Å². The first-order valence-corrected chi connectivity index (χ1v) is 11.4. The number of nitrogens with zero attached hydrogens (tertiary/aromatic N) is 1. The summed E-state index contributed by atoms with van der Waals surface area (Å²) >= 11 is 0. The standard InChI is InChI=1S/C20H31N3O3S/c1-4-6-8-11-15(3)21-20(24)17(13-7-5-2)22-19-16-12-9-10-14-18(16)27(25,26)23-19/h9-10,12,14-15,17H,4-8,11,13H2,1-3H3,(H,21,24)(H,22,23). The third-order valence-electron chi connectivity index (χ3n) is 4.71. The maximum Gasteiger partial charge on any atom is 0.263 e. The molecule has 1 heterocycles. The van der Waals surface area contributed by atoms with Crippen LogP contribution in [-0.2, 0) is 14.8 Å². The van der Waals surface area contributed by atoms with Gasteiger partial charge in [0, 0.05) is 11.6 Å². The molecule has 2 N–H and O–H groups in total. The number of rotatable bonds is 10. The molecule has 2 rings (SSSR count). The van der Waals surface area contributed by atoms with Crippen LogP contribution >= 0.6 is 0 Å². The highest BCUT2D eigenvalue weighted by Gasteiger charge is 2.31. The summed E-state index contributed by atoms with van der Waals surface area (Å²) in [6.45, 7) is 6.22. The van der Waals surface area contributed by atoms with E-state index in [1.165, 1.54) is 0 Å². The summed E-state index contributed by atoms with van der Waals surface area (Å²) in [4.78, 5) is 17.5. The number of hydrogen-bond acceptors (Lipinski definition) is 4. The van der Waals surface area contributed by atoms with E-state index in [-0.39, 0.29) is 22.7 Å². The number of aliphatic imine (C=N–C) groups is 1. The van der Waals surface area contributed by atoms with Gasteiger partial charge in [0.25, 0.3) is 10.0 Å². The number of carbonyl (C=O) groups is 1. The van der Waals surface area contributed by atoms with E-state index < -0.39 is 16.1 Å². The number of sulfonamides is 1. The van der Waals surface area contributed by atoms with Gasteiger partial charge in [0.1, 0.15) is 11.9 Å². The van der Waals surface area contributed by atoms with Gasteiger partial charge in [-0.3, -0.25) is 14.5 Å². The Hall–Kier alpha value is -1.89. The van der Waals surface area contributed by atoms with Crippen molar-refractivity contribution in [2.45, 2.75) is 82.7 Å². The average molecular weight is 394 g/mol. The molecule has 150 valence electrons. The van der Waals surface area contributed by atoms with Gasteiger partial charge in [-0.2, -0.15) is 0 Å². The highest BCUT2D eigenvalue weighted by molar-refractivity contribution is 7.90. The Labute approximate surface area is 162 Å². The lowest BCUT2D eigenvalue weighted by atomic mass is 10.1. The molecule has 1 amide bonds. The van der Waals surface area contributed by atoms with Crippen LogP contribution in [0.4, 0.5) is 0 Å². The molecule has 1 aliphatic heterocycles. The van der Waals surface area contributed by atoms with Gasteiger partial charge < -0.3 is 5.32 Å². The first-order chi connectivity index (χ1) is 12.9. The van der Waals surface area contributed by atoms with E-state index in [9.17, 15) is 13.2 Å². The molecule has 6 nitrogen and oxygen atoms in total. The number of carbonyl (C=O) groups excluding carboxylic acids is 1. The molecule has 0 saturated heterocycles. The summed E-state index contributed by atoms with van der Waals surface area (Å²) in [6.07, 6.45) is 6.71. The van der Waals surface area contributed by atoms with Crippen molar-refractivity contribution in [1.29, 1.82) is 0 Å². The Balaban J connectivity index is 2.17. The van der Waals surface area contributed by atoms with E-state index in [0.717, 1.165) is 38.5 Å². The Morgan fingerprint density at radius 1 is 1.11 bits per heavy atom. The molecule has 0 radical (unpaired) electrons. The lowest BCUT2D eigenvalue weighted by Gasteiger charge is -2.18. The molecule has 2 atom stereocenters. The number of benzene rings is 1. The summed E-state index contributed by atoms with van der Waals surface area (Å²) < 4.78 is 27.0. The first kappa shape index (κ1) is 21.4. The molecule has 0 spiro atoms. The van der Waals surface area contributed by atoms with Crippen molar-refractivity contribution < 1.29 is 13.2 Å². The number of amides is 1.